The Balaban J connectivity index is 2.36. The Kier molecular flexibility index (Phi) is 2.48. The van der Waals surface area contributed by atoms with E-state index in [0.717, 1.165) is 21.4 Å². The van der Waals surface area contributed by atoms with Crippen LogP contribution in [0.4, 0.5) is 0 Å². The second-order valence-electron chi connectivity index (χ2n) is 3.99. The van der Waals surface area contributed by atoms with Crippen molar-refractivity contribution in [3.63, 3.8) is 0 Å². The Morgan fingerprint density at radius 2 is 1.88 bits per heavy atom. The number of rotatable bonds is 1. The number of fused-ring (bicyclic) bond motifs is 1. The zero-order chi connectivity index (χ0) is 11.8. The van der Waals surface area contributed by atoms with Crippen molar-refractivity contribution in [3.8, 4) is 11.4 Å². The average molecular weight is 287 g/mol. The van der Waals surface area contributed by atoms with Crippen LogP contribution in [0.1, 0.15) is 5.69 Å². The molecule has 3 rings (SSSR count). The van der Waals surface area contributed by atoms with Gasteiger partial charge in [-0.2, -0.15) is 0 Å². The van der Waals surface area contributed by atoms with E-state index < -0.39 is 0 Å². The molecule has 3 aromatic rings. The van der Waals surface area contributed by atoms with Gasteiger partial charge < -0.3 is 0 Å². The smallest absolute Gasteiger partial charge is 0.145 e. The molecule has 0 radical (unpaired) electrons. The summed E-state index contributed by atoms with van der Waals surface area (Å²) in [6, 6.07) is 14.4. The second-order valence-corrected chi connectivity index (χ2v) is 4.84. The minimum atomic E-state index is 0.977. The molecule has 2 nitrogen and oxygen atoms in total. The summed E-state index contributed by atoms with van der Waals surface area (Å²) in [4.78, 5) is 4.52. The summed E-state index contributed by atoms with van der Waals surface area (Å²) in [6.45, 7) is 2.09. The lowest BCUT2D eigenvalue weighted by molar-refractivity contribution is 1.08. The van der Waals surface area contributed by atoms with Gasteiger partial charge in [0.05, 0.1) is 11.7 Å². The molecular formula is C14H11BrN2. The zero-order valence-electron chi connectivity index (χ0n) is 9.39. The van der Waals surface area contributed by atoms with Gasteiger partial charge in [-0.1, -0.05) is 40.2 Å². The van der Waals surface area contributed by atoms with Crippen molar-refractivity contribution in [2.24, 2.45) is 0 Å². The molecule has 1 aromatic carbocycles. The van der Waals surface area contributed by atoms with Crippen LogP contribution in [-0.4, -0.2) is 9.38 Å². The number of pyridine rings is 1. The lowest BCUT2D eigenvalue weighted by Gasteiger charge is -2.06. The quantitative estimate of drug-likeness (QED) is 0.659. The normalized spacial score (nSPS) is 10.9. The summed E-state index contributed by atoms with van der Waals surface area (Å²) >= 11 is 3.57. The fourth-order valence-electron chi connectivity index (χ4n) is 2.05. The fraction of sp³-hybridized carbons (Fsp3) is 0.0714. The van der Waals surface area contributed by atoms with E-state index in [1.807, 2.05) is 24.4 Å². The lowest BCUT2D eigenvalue weighted by Crippen LogP contribution is -1.94. The first kappa shape index (κ1) is 10.5. The molecule has 0 atom stereocenters. The summed E-state index contributed by atoms with van der Waals surface area (Å²) < 4.78 is 3.23. The van der Waals surface area contributed by atoms with Gasteiger partial charge in [-0.25, -0.2) is 4.98 Å². The second kappa shape index (κ2) is 4.00. The molecular weight excluding hydrogens is 276 g/mol. The first-order chi connectivity index (χ1) is 8.27. The molecule has 0 unspecified atom stereocenters. The number of hydrogen-bond donors (Lipinski definition) is 0. The van der Waals surface area contributed by atoms with E-state index in [1.54, 1.807) is 0 Å². The van der Waals surface area contributed by atoms with Crippen molar-refractivity contribution in [2.45, 2.75) is 6.92 Å². The number of hydrogen-bond acceptors (Lipinski definition) is 1. The van der Waals surface area contributed by atoms with Crippen molar-refractivity contribution in [2.75, 3.05) is 0 Å². The third-order valence-corrected chi connectivity index (χ3v) is 3.55. The molecule has 0 aliphatic heterocycles. The van der Waals surface area contributed by atoms with Crippen molar-refractivity contribution in [1.29, 1.82) is 0 Å². The largest absolute Gasteiger partial charge is 0.297 e. The highest BCUT2D eigenvalue weighted by atomic mass is 79.9. The summed E-state index contributed by atoms with van der Waals surface area (Å²) in [5, 5.41) is 0. The van der Waals surface area contributed by atoms with Gasteiger partial charge >= 0.3 is 0 Å². The van der Waals surface area contributed by atoms with Crippen LogP contribution < -0.4 is 0 Å². The maximum atomic E-state index is 4.52. The number of aryl methyl sites for hydroxylation is 1. The summed E-state index contributed by atoms with van der Waals surface area (Å²) in [5.41, 5.74) is 3.42. The molecule has 2 aromatic heterocycles. The van der Waals surface area contributed by atoms with E-state index in [-0.39, 0.29) is 0 Å². The highest BCUT2D eigenvalue weighted by Crippen LogP contribution is 2.28. The predicted molar refractivity (Wildman–Crippen MR) is 73.1 cm³/mol. The van der Waals surface area contributed by atoms with Crippen molar-refractivity contribution in [3.05, 3.63) is 58.8 Å². The number of benzene rings is 1. The summed E-state index contributed by atoms with van der Waals surface area (Å²) in [6.07, 6.45) is 1.90. The van der Waals surface area contributed by atoms with E-state index in [1.165, 1.54) is 5.69 Å². The first-order valence-corrected chi connectivity index (χ1v) is 6.24. The van der Waals surface area contributed by atoms with Gasteiger partial charge in [-0.05, 0) is 25.1 Å². The van der Waals surface area contributed by atoms with Gasteiger partial charge in [0.15, 0.2) is 0 Å². The third kappa shape index (κ3) is 1.67. The molecule has 0 fully saturated rings. The highest BCUT2D eigenvalue weighted by Gasteiger charge is 2.09. The molecule has 0 bridgehead atoms. The Bertz CT molecular complexity index is 686. The van der Waals surface area contributed by atoms with E-state index in [4.69, 9.17) is 0 Å². The Morgan fingerprint density at radius 1 is 1.06 bits per heavy atom. The molecule has 0 spiro atoms. The van der Waals surface area contributed by atoms with Crippen molar-refractivity contribution in [1.82, 2.24) is 9.38 Å². The van der Waals surface area contributed by atoms with Crippen LogP contribution in [0.25, 0.3) is 16.9 Å². The van der Waals surface area contributed by atoms with Crippen molar-refractivity contribution < 1.29 is 0 Å². The summed E-state index contributed by atoms with van der Waals surface area (Å²) in [7, 11) is 0. The average Bonchev–Trinajstić information content (AvgIpc) is 2.75. The number of nitrogens with zero attached hydrogens (tertiary/aromatic N) is 2. The molecule has 0 saturated heterocycles. The zero-order valence-corrected chi connectivity index (χ0v) is 11.0. The number of imidazole rings is 1. The van der Waals surface area contributed by atoms with Crippen LogP contribution in [0, 0.1) is 6.92 Å². The molecule has 0 saturated carbocycles. The molecule has 0 aliphatic carbocycles. The highest BCUT2D eigenvalue weighted by molar-refractivity contribution is 9.10. The minimum Gasteiger partial charge on any atom is -0.297 e. The maximum absolute atomic E-state index is 4.52. The van der Waals surface area contributed by atoms with Crippen LogP contribution in [0.3, 0.4) is 0 Å². The monoisotopic (exact) mass is 286 g/mol. The van der Waals surface area contributed by atoms with Crippen LogP contribution in [0.15, 0.2) is 53.1 Å². The molecule has 3 heteroatoms. The SMILES string of the molecule is Cc1cccc2cnc(-c3ccccc3Br)n12. The number of halogens is 1. The molecule has 0 N–H and O–H groups in total. The van der Waals surface area contributed by atoms with E-state index in [2.05, 4.69) is 56.5 Å². The molecule has 17 heavy (non-hydrogen) atoms. The summed E-state index contributed by atoms with van der Waals surface area (Å²) in [5.74, 6) is 0.977. The maximum Gasteiger partial charge on any atom is 0.145 e. The van der Waals surface area contributed by atoms with E-state index in [0.29, 0.717) is 0 Å². The van der Waals surface area contributed by atoms with Crippen molar-refractivity contribution >= 4 is 21.4 Å². The van der Waals surface area contributed by atoms with Crippen LogP contribution >= 0.6 is 15.9 Å². The molecule has 0 amide bonds. The van der Waals surface area contributed by atoms with E-state index >= 15 is 0 Å². The Morgan fingerprint density at radius 3 is 2.71 bits per heavy atom. The van der Waals surface area contributed by atoms with Gasteiger partial charge in [-0.15, -0.1) is 0 Å². The van der Waals surface area contributed by atoms with Crippen LogP contribution in [-0.2, 0) is 0 Å². The lowest BCUT2D eigenvalue weighted by atomic mass is 10.2. The van der Waals surface area contributed by atoms with Gasteiger partial charge in [0.2, 0.25) is 0 Å². The van der Waals surface area contributed by atoms with Crippen LogP contribution in [0.5, 0.6) is 0 Å². The van der Waals surface area contributed by atoms with E-state index in [9.17, 15) is 0 Å². The molecule has 84 valence electrons. The van der Waals surface area contributed by atoms with Gasteiger partial charge in [0.1, 0.15) is 5.82 Å². The van der Waals surface area contributed by atoms with Crippen LogP contribution in [0.2, 0.25) is 0 Å². The van der Waals surface area contributed by atoms with Gasteiger partial charge in [-0.3, -0.25) is 4.40 Å². The molecule has 2 heterocycles. The first-order valence-electron chi connectivity index (χ1n) is 5.45. The fourth-order valence-corrected chi connectivity index (χ4v) is 2.51. The van der Waals surface area contributed by atoms with Gasteiger partial charge in [0.25, 0.3) is 0 Å². The minimum absolute atomic E-state index is 0.977. The predicted octanol–water partition coefficient (Wildman–Crippen LogP) is 4.07. The molecule has 0 aliphatic rings. The Hall–Kier alpha value is -1.61. The van der Waals surface area contributed by atoms with Gasteiger partial charge in [0, 0.05) is 15.7 Å². The standard InChI is InChI=1S/C14H11BrN2/c1-10-5-4-6-11-9-16-14(17(10)11)12-7-2-3-8-13(12)15/h2-9H,1H3. The Labute approximate surface area is 108 Å². The topological polar surface area (TPSA) is 17.3 Å². The third-order valence-electron chi connectivity index (χ3n) is 2.86. The number of aromatic nitrogens is 2.